The van der Waals surface area contributed by atoms with Crippen LogP contribution in [0.25, 0.3) is 11.3 Å². The summed E-state index contributed by atoms with van der Waals surface area (Å²) in [6, 6.07) is 17.1. The van der Waals surface area contributed by atoms with Gasteiger partial charge in [0.15, 0.2) is 0 Å². The maximum absolute atomic E-state index is 12.2. The third-order valence-corrected chi connectivity index (χ3v) is 7.73. The highest BCUT2D eigenvalue weighted by molar-refractivity contribution is 5.77. The highest BCUT2D eigenvalue weighted by atomic mass is 16.5. The normalized spacial score (nSPS) is 13.1. The van der Waals surface area contributed by atoms with Crippen LogP contribution in [0.1, 0.15) is 42.6 Å². The average molecular weight is 596 g/mol. The van der Waals surface area contributed by atoms with Gasteiger partial charge < -0.3 is 20.5 Å². The summed E-state index contributed by atoms with van der Waals surface area (Å²) < 4.78 is 5.95. The van der Waals surface area contributed by atoms with Crippen molar-refractivity contribution >= 4 is 17.6 Å². The van der Waals surface area contributed by atoms with Crippen molar-refractivity contribution in [2.24, 2.45) is 0 Å². The average Bonchev–Trinajstić information content (AvgIpc) is 3.05. The molecule has 1 atom stereocenters. The molecular formula is C34H41N7O3. The lowest BCUT2D eigenvalue weighted by Gasteiger charge is -2.24. The van der Waals surface area contributed by atoms with Crippen LogP contribution in [0.2, 0.25) is 0 Å². The van der Waals surface area contributed by atoms with E-state index in [1.54, 1.807) is 18.6 Å². The van der Waals surface area contributed by atoms with Crippen molar-refractivity contribution in [1.82, 2.24) is 24.8 Å². The van der Waals surface area contributed by atoms with Crippen molar-refractivity contribution in [3.05, 3.63) is 90.1 Å². The van der Waals surface area contributed by atoms with E-state index in [1.165, 1.54) is 5.56 Å². The standard InChI is InChI=1S/C34H41N7O3/c1-25-12-15-29(22-37-25)44-21-20-41(18-6-5-11-28-14-13-27-10-7-17-36-33(27)38-28)19-16-30(34(42)43)39-32-24-35-23-31(40-32)26-8-3-2-4-9-26/h2-4,8-9,12-15,22-24,30H,5-7,10-11,16-21H2,1H3,(H,36,38)(H,39,40)(H,42,43). The molecule has 1 unspecified atom stereocenters. The van der Waals surface area contributed by atoms with Crippen molar-refractivity contribution in [3.8, 4) is 17.0 Å². The fourth-order valence-electron chi connectivity index (χ4n) is 5.25. The van der Waals surface area contributed by atoms with Gasteiger partial charge in [0.1, 0.15) is 30.0 Å². The van der Waals surface area contributed by atoms with Gasteiger partial charge in [0, 0.05) is 36.6 Å². The Kier molecular flexibility index (Phi) is 11.1. The molecule has 0 saturated heterocycles. The Morgan fingerprint density at radius 3 is 2.73 bits per heavy atom. The van der Waals surface area contributed by atoms with E-state index in [0.717, 1.165) is 73.7 Å². The molecule has 4 aromatic rings. The summed E-state index contributed by atoms with van der Waals surface area (Å²) in [6.45, 7) is 5.50. The van der Waals surface area contributed by atoms with Gasteiger partial charge in [-0.3, -0.25) is 14.9 Å². The largest absolute Gasteiger partial charge is 0.491 e. The molecule has 0 aliphatic carbocycles. The quantitative estimate of drug-likeness (QED) is 0.148. The fourth-order valence-corrected chi connectivity index (χ4v) is 5.25. The molecule has 0 spiro atoms. The number of pyridine rings is 2. The Balaban J connectivity index is 1.17. The van der Waals surface area contributed by atoms with Gasteiger partial charge in [-0.2, -0.15) is 0 Å². The first kappa shape index (κ1) is 30.9. The lowest BCUT2D eigenvalue weighted by atomic mass is 10.1. The molecule has 10 nitrogen and oxygen atoms in total. The van der Waals surface area contributed by atoms with Crippen molar-refractivity contribution in [2.75, 3.05) is 43.4 Å². The maximum Gasteiger partial charge on any atom is 0.326 e. The summed E-state index contributed by atoms with van der Waals surface area (Å²) in [7, 11) is 0. The first-order valence-corrected chi connectivity index (χ1v) is 15.4. The summed E-state index contributed by atoms with van der Waals surface area (Å²) in [5.74, 6) is 1.27. The van der Waals surface area contributed by atoms with E-state index in [0.29, 0.717) is 37.6 Å². The molecule has 1 aliphatic rings. The number of aromatic nitrogens is 4. The zero-order valence-electron chi connectivity index (χ0n) is 25.3. The number of hydrogen-bond acceptors (Lipinski definition) is 9. The Hall–Kier alpha value is -4.57. The van der Waals surface area contributed by atoms with Gasteiger partial charge in [0.25, 0.3) is 0 Å². The molecule has 10 heteroatoms. The molecule has 3 N–H and O–H groups in total. The molecule has 44 heavy (non-hydrogen) atoms. The van der Waals surface area contributed by atoms with Gasteiger partial charge in [-0.05, 0) is 75.8 Å². The minimum Gasteiger partial charge on any atom is -0.491 e. The van der Waals surface area contributed by atoms with Crippen molar-refractivity contribution in [3.63, 3.8) is 0 Å². The van der Waals surface area contributed by atoms with E-state index in [4.69, 9.17) is 9.72 Å². The number of nitrogens with one attached hydrogen (secondary N) is 2. The Morgan fingerprint density at radius 2 is 1.91 bits per heavy atom. The van der Waals surface area contributed by atoms with Crippen LogP contribution in [-0.2, 0) is 17.6 Å². The number of aryl methyl sites for hydroxylation is 3. The van der Waals surface area contributed by atoms with Crippen LogP contribution in [0.4, 0.5) is 11.6 Å². The van der Waals surface area contributed by atoms with Gasteiger partial charge in [-0.15, -0.1) is 0 Å². The van der Waals surface area contributed by atoms with Gasteiger partial charge in [0.05, 0.1) is 24.3 Å². The lowest BCUT2D eigenvalue weighted by Crippen LogP contribution is -2.37. The number of nitrogens with zero attached hydrogens (tertiary/aromatic N) is 5. The number of benzene rings is 1. The number of rotatable bonds is 16. The minimum absolute atomic E-state index is 0.400. The zero-order chi connectivity index (χ0) is 30.6. The molecule has 1 aliphatic heterocycles. The molecule has 1 aromatic carbocycles. The number of anilines is 2. The van der Waals surface area contributed by atoms with E-state index in [9.17, 15) is 9.90 Å². The van der Waals surface area contributed by atoms with Crippen molar-refractivity contribution < 1.29 is 14.6 Å². The van der Waals surface area contributed by atoms with Crippen LogP contribution in [0.5, 0.6) is 5.75 Å². The lowest BCUT2D eigenvalue weighted by molar-refractivity contribution is -0.138. The van der Waals surface area contributed by atoms with Crippen LogP contribution in [-0.4, -0.2) is 74.7 Å². The van der Waals surface area contributed by atoms with Crippen LogP contribution >= 0.6 is 0 Å². The van der Waals surface area contributed by atoms with Crippen LogP contribution < -0.4 is 15.4 Å². The minimum atomic E-state index is -0.925. The SMILES string of the molecule is Cc1ccc(OCCN(CCCCc2ccc3c(n2)NCCC3)CCC(Nc2cncc(-c3ccccc3)n2)C(=O)O)cn1. The van der Waals surface area contributed by atoms with Crippen LogP contribution in [0.3, 0.4) is 0 Å². The second-order valence-electron chi connectivity index (χ2n) is 11.1. The summed E-state index contributed by atoms with van der Waals surface area (Å²) in [5.41, 5.74) is 4.96. The summed E-state index contributed by atoms with van der Waals surface area (Å²) in [6.07, 6.45) is 10.5. The summed E-state index contributed by atoms with van der Waals surface area (Å²) in [4.78, 5) is 32.5. The molecular weight excluding hydrogens is 554 g/mol. The van der Waals surface area contributed by atoms with Gasteiger partial charge in [0.2, 0.25) is 0 Å². The maximum atomic E-state index is 12.2. The van der Waals surface area contributed by atoms with Crippen LogP contribution in [0.15, 0.2) is 73.2 Å². The Labute approximate surface area is 259 Å². The molecule has 0 fully saturated rings. The number of ether oxygens (including phenoxy) is 1. The predicted molar refractivity (Wildman–Crippen MR) is 172 cm³/mol. The van der Waals surface area contributed by atoms with Crippen LogP contribution in [0, 0.1) is 6.92 Å². The first-order valence-electron chi connectivity index (χ1n) is 15.4. The molecule has 3 aromatic heterocycles. The predicted octanol–water partition coefficient (Wildman–Crippen LogP) is 5.26. The number of aliphatic carboxylic acids is 1. The molecule has 0 bridgehead atoms. The molecule has 0 radical (unpaired) electrons. The van der Waals surface area contributed by atoms with Crippen molar-refractivity contribution in [2.45, 2.75) is 51.5 Å². The van der Waals surface area contributed by atoms with Gasteiger partial charge in [-0.1, -0.05) is 36.4 Å². The third kappa shape index (κ3) is 9.21. The Morgan fingerprint density at radius 1 is 1.02 bits per heavy atom. The van der Waals surface area contributed by atoms with E-state index < -0.39 is 12.0 Å². The number of carbonyl (C=O) groups is 1. The number of hydrogen-bond donors (Lipinski definition) is 3. The molecule has 0 saturated carbocycles. The number of carboxylic acids is 1. The summed E-state index contributed by atoms with van der Waals surface area (Å²) in [5, 5.41) is 16.5. The number of carboxylic acid groups (broad SMARTS) is 1. The molecule has 4 heterocycles. The number of fused-ring (bicyclic) bond motifs is 1. The van der Waals surface area contributed by atoms with E-state index in [2.05, 4.69) is 42.6 Å². The topological polar surface area (TPSA) is 125 Å². The summed E-state index contributed by atoms with van der Waals surface area (Å²) >= 11 is 0. The van der Waals surface area contributed by atoms with Gasteiger partial charge in [-0.25, -0.2) is 14.8 Å². The highest BCUT2D eigenvalue weighted by Gasteiger charge is 2.20. The smallest absolute Gasteiger partial charge is 0.326 e. The molecule has 5 rings (SSSR count). The molecule has 230 valence electrons. The second-order valence-corrected chi connectivity index (χ2v) is 11.1. The van der Waals surface area contributed by atoms with E-state index in [1.807, 2.05) is 49.4 Å². The van der Waals surface area contributed by atoms with Crippen molar-refractivity contribution in [1.29, 1.82) is 0 Å². The number of unbranched alkanes of at least 4 members (excludes halogenated alkanes) is 1. The third-order valence-electron chi connectivity index (χ3n) is 7.73. The first-order chi connectivity index (χ1) is 21.5. The second kappa shape index (κ2) is 15.8. The monoisotopic (exact) mass is 595 g/mol. The zero-order valence-corrected chi connectivity index (χ0v) is 25.3. The fraction of sp³-hybridized carbons (Fsp3) is 0.382. The molecule has 0 amide bonds. The van der Waals surface area contributed by atoms with E-state index >= 15 is 0 Å². The van der Waals surface area contributed by atoms with E-state index in [-0.39, 0.29) is 0 Å². The Bertz CT molecular complexity index is 1480. The van der Waals surface area contributed by atoms with Gasteiger partial charge >= 0.3 is 5.97 Å². The highest BCUT2D eigenvalue weighted by Crippen LogP contribution is 2.21.